The van der Waals surface area contributed by atoms with Crippen LogP contribution in [-0.2, 0) is 19.6 Å². The summed E-state index contributed by atoms with van der Waals surface area (Å²) in [4.78, 5) is 0. The van der Waals surface area contributed by atoms with Crippen LogP contribution in [0.4, 0.5) is 17.6 Å². The van der Waals surface area contributed by atoms with Crippen molar-refractivity contribution >= 4 is 10.1 Å². The summed E-state index contributed by atoms with van der Waals surface area (Å²) in [5, 5.41) is -5.72. The fourth-order valence-electron chi connectivity index (χ4n) is 0.630. The van der Waals surface area contributed by atoms with Crippen LogP contribution in [0.2, 0.25) is 0 Å². The van der Waals surface area contributed by atoms with Crippen LogP contribution in [0.1, 0.15) is 0 Å². The lowest BCUT2D eigenvalue weighted by molar-refractivity contribution is -0.320. The largest absolute Gasteiger partial charge is 0.459 e. The third-order valence-corrected chi connectivity index (χ3v) is 2.30. The molecule has 0 aliphatic heterocycles. The van der Waals surface area contributed by atoms with Crippen molar-refractivity contribution in [3.63, 3.8) is 0 Å². The van der Waals surface area contributed by atoms with Gasteiger partial charge in [0, 0.05) is 0 Å². The van der Waals surface area contributed by atoms with Crippen molar-refractivity contribution in [2.75, 3.05) is 19.8 Å². The van der Waals surface area contributed by atoms with Crippen molar-refractivity contribution < 1.29 is 40.0 Å². The Hall–Kier alpha value is -0.710. The highest BCUT2D eigenvalue weighted by Crippen LogP contribution is 2.38. The Morgan fingerprint density at radius 3 is 2.18 bits per heavy atom. The molecule has 0 aliphatic carbocycles. The summed E-state index contributed by atoms with van der Waals surface area (Å²) in [6.45, 7) is 1.77. The highest BCUT2D eigenvalue weighted by Gasteiger charge is 2.67. The van der Waals surface area contributed by atoms with Crippen molar-refractivity contribution in [2.45, 2.75) is 11.4 Å². The number of hydrogen-bond donors (Lipinski definition) is 1. The minimum absolute atomic E-state index is 0.0103. The van der Waals surface area contributed by atoms with Crippen LogP contribution in [0.25, 0.3) is 0 Å². The molecule has 0 heterocycles. The Bertz CT molecular complexity index is 353. The summed E-state index contributed by atoms with van der Waals surface area (Å²) < 4.78 is 86.2. The Balaban J connectivity index is 4.43. The monoisotopic (exact) mass is 282 g/mol. The zero-order chi connectivity index (χ0) is 13.7. The highest BCUT2D eigenvalue weighted by atomic mass is 32.2. The lowest BCUT2D eigenvalue weighted by Gasteiger charge is -2.23. The number of halogens is 4. The van der Waals surface area contributed by atoms with Crippen molar-refractivity contribution in [1.29, 1.82) is 0 Å². The molecule has 0 aromatic carbocycles. The summed E-state index contributed by atoms with van der Waals surface area (Å²) in [5.74, 6) is 0. The van der Waals surface area contributed by atoms with E-state index in [-0.39, 0.29) is 6.61 Å². The second-order valence-electron chi connectivity index (χ2n) is 2.72. The van der Waals surface area contributed by atoms with Gasteiger partial charge in [0.05, 0.1) is 19.8 Å². The molecule has 0 atom stereocenters. The standard InChI is InChI=1S/C7H10F4O5S/c1-2-3-15-4-5-16-6(8,9)7(10,11)17(12,13)14/h2H,1,3-5H2,(H,12,13,14). The van der Waals surface area contributed by atoms with Gasteiger partial charge in [0.2, 0.25) is 0 Å². The van der Waals surface area contributed by atoms with Gasteiger partial charge in [-0.3, -0.25) is 4.55 Å². The van der Waals surface area contributed by atoms with Crippen molar-refractivity contribution in [1.82, 2.24) is 0 Å². The first-order valence-electron chi connectivity index (χ1n) is 4.11. The maximum absolute atomic E-state index is 12.6. The quantitative estimate of drug-likeness (QED) is 0.314. The lowest BCUT2D eigenvalue weighted by Crippen LogP contribution is -2.48. The molecular weight excluding hydrogens is 272 g/mol. The van der Waals surface area contributed by atoms with Gasteiger partial charge in [-0.05, 0) is 0 Å². The van der Waals surface area contributed by atoms with Crippen LogP contribution in [-0.4, -0.2) is 44.2 Å². The molecular formula is C7H10F4O5S. The molecule has 1 N–H and O–H groups in total. The fourth-order valence-corrected chi connectivity index (χ4v) is 0.989. The number of ether oxygens (including phenoxy) is 2. The van der Waals surface area contributed by atoms with E-state index in [1.807, 2.05) is 0 Å². The van der Waals surface area contributed by atoms with Gasteiger partial charge in [0.1, 0.15) is 0 Å². The van der Waals surface area contributed by atoms with Crippen LogP contribution in [0.15, 0.2) is 12.7 Å². The molecule has 0 aromatic rings. The zero-order valence-electron chi connectivity index (χ0n) is 8.41. The fraction of sp³-hybridized carbons (Fsp3) is 0.714. The van der Waals surface area contributed by atoms with Crippen LogP contribution < -0.4 is 0 Å². The van der Waals surface area contributed by atoms with E-state index in [1.165, 1.54) is 6.08 Å². The first kappa shape index (κ1) is 16.3. The maximum atomic E-state index is 12.6. The molecule has 102 valence electrons. The third-order valence-electron chi connectivity index (χ3n) is 1.41. The normalized spacial score (nSPS) is 13.7. The molecule has 0 rings (SSSR count). The molecule has 0 bridgehead atoms. The van der Waals surface area contributed by atoms with Crippen LogP contribution >= 0.6 is 0 Å². The summed E-state index contributed by atoms with van der Waals surface area (Å²) >= 11 is 0. The Kier molecular flexibility index (Phi) is 5.52. The molecule has 0 aliphatic rings. The Labute approximate surface area is 94.8 Å². The lowest BCUT2D eigenvalue weighted by atomic mass is 10.6. The summed E-state index contributed by atoms with van der Waals surface area (Å²) in [7, 11) is -6.27. The molecule has 17 heavy (non-hydrogen) atoms. The van der Waals surface area contributed by atoms with Gasteiger partial charge in [-0.15, -0.1) is 6.58 Å². The van der Waals surface area contributed by atoms with Gasteiger partial charge in [0.25, 0.3) is 0 Å². The first-order valence-corrected chi connectivity index (χ1v) is 5.55. The highest BCUT2D eigenvalue weighted by molar-refractivity contribution is 7.86. The topological polar surface area (TPSA) is 72.8 Å². The summed E-state index contributed by atoms with van der Waals surface area (Å²) in [5.41, 5.74) is 0. The number of hydrogen-bond acceptors (Lipinski definition) is 4. The molecule has 0 aromatic heterocycles. The number of rotatable bonds is 8. The van der Waals surface area contributed by atoms with Gasteiger partial charge < -0.3 is 9.47 Å². The molecule has 0 radical (unpaired) electrons. The van der Waals surface area contributed by atoms with Crippen molar-refractivity contribution in [2.24, 2.45) is 0 Å². The SMILES string of the molecule is C=CCOCCOC(F)(F)C(F)(F)S(=O)(=O)O. The third kappa shape index (κ3) is 4.22. The van der Waals surface area contributed by atoms with E-state index in [1.54, 1.807) is 0 Å². The Morgan fingerprint density at radius 2 is 1.76 bits per heavy atom. The van der Waals surface area contributed by atoms with E-state index in [2.05, 4.69) is 16.1 Å². The molecule has 0 fully saturated rings. The second kappa shape index (κ2) is 5.76. The van der Waals surface area contributed by atoms with E-state index in [0.29, 0.717) is 0 Å². The molecule has 0 saturated heterocycles. The molecule has 5 nitrogen and oxygen atoms in total. The average Bonchev–Trinajstić information content (AvgIpc) is 2.15. The first-order chi connectivity index (χ1) is 7.56. The van der Waals surface area contributed by atoms with Gasteiger partial charge in [0.15, 0.2) is 0 Å². The van der Waals surface area contributed by atoms with E-state index < -0.39 is 34.7 Å². The summed E-state index contributed by atoms with van der Waals surface area (Å²) in [6.07, 6.45) is -4.07. The minimum Gasteiger partial charge on any atom is -0.375 e. The zero-order valence-corrected chi connectivity index (χ0v) is 9.22. The number of alkyl halides is 4. The van der Waals surface area contributed by atoms with Crippen LogP contribution in [0.3, 0.4) is 0 Å². The minimum atomic E-state index is -6.27. The predicted octanol–water partition coefficient (Wildman–Crippen LogP) is 1.28. The van der Waals surface area contributed by atoms with Gasteiger partial charge in [-0.25, -0.2) is 0 Å². The van der Waals surface area contributed by atoms with E-state index in [0.717, 1.165) is 0 Å². The molecule has 0 saturated carbocycles. The van der Waals surface area contributed by atoms with E-state index >= 15 is 0 Å². The molecule has 0 amide bonds. The molecule has 10 heteroatoms. The van der Waals surface area contributed by atoms with E-state index in [4.69, 9.17) is 4.55 Å². The average molecular weight is 282 g/mol. The van der Waals surface area contributed by atoms with Crippen molar-refractivity contribution in [3.8, 4) is 0 Å². The maximum Gasteiger partial charge on any atom is 0.459 e. The van der Waals surface area contributed by atoms with Crippen LogP contribution in [0, 0.1) is 0 Å². The molecule has 0 unspecified atom stereocenters. The van der Waals surface area contributed by atoms with Crippen LogP contribution in [0.5, 0.6) is 0 Å². The molecule has 0 spiro atoms. The van der Waals surface area contributed by atoms with Crippen molar-refractivity contribution in [3.05, 3.63) is 12.7 Å². The predicted molar refractivity (Wildman–Crippen MR) is 48.4 cm³/mol. The second-order valence-corrected chi connectivity index (χ2v) is 4.18. The van der Waals surface area contributed by atoms with Gasteiger partial charge in [-0.1, -0.05) is 6.08 Å². The summed E-state index contributed by atoms with van der Waals surface area (Å²) in [6, 6.07) is 0. The van der Waals surface area contributed by atoms with Gasteiger partial charge in [-0.2, -0.15) is 26.0 Å². The van der Waals surface area contributed by atoms with E-state index in [9.17, 15) is 26.0 Å². The Morgan fingerprint density at radius 1 is 1.24 bits per heavy atom. The van der Waals surface area contributed by atoms with Gasteiger partial charge >= 0.3 is 21.5 Å². The smallest absolute Gasteiger partial charge is 0.375 e.